The second-order valence-electron chi connectivity index (χ2n) is 3.98. The maximum absolute atomic E-state index is 12.1. The number of hydrazine groups is 1. The molecule has 0 unspecified atom stereocenters. The minimum absolute atomic E-state index is 0.327. The van der Waals surface area contributed by atoms with Crippen molar-refractivity contribution in [1.82, 2.24) is 0 Å². The average Bonchev–Trinajstić information content (AvgIpc) is 2.47. The first-order valence-corrected chi connectivity index (χ1v) is 6.09. The number of nitrogens with two attached hydrogens (primary N) is 1. The Morgan fingerprint density at radius 3 is 2.50 bits per heavy atom. The van der Waals surface area contributed by atoms with E-state index >= 15 is 0 Å². The molecule has 5 nitrogen and oxygen atoms in total. The molecule has 0 aliphatic heterocycles. The van der Waals surface area contributed by atoms with Crippen molar-refractivity contribution in [2.75, 3.05) is 10.7 Å². The van der Waals surface area contributed by atoms with Crippen molar-refractivity contribution in [3.63, 3.8) is 0 Å². The summed E-state index contributed by atoms with van der Waals surface area (Å²) in [6.45, 7) is 0. The number of nitrogens with one attached hydrogen (secondary N) is 2. The van der Waals surface area contributed by atoms with Gasteiger partial charge in [0, 0.05) is 16.3 Å². The van der Waals surface area contributed by atoms with Crippen molar-refractivity contribution in [3.8, 4) is 6.07 Å². The van der Waals surface area contributed by atoms with Crippen molar-refractivity contribution in [3.05, 3.63) is 58.6 Å². The van der Waals surface area contributed by atoms with Crippen molar-refractivity contribution in [2.24, 2.45) is 5.84 Å². The largest absolute Gasteiger partial charge is 0.324 e. The van der Waals surface area contributed by atoms with Gasteiger partial charge in [-0.05, 0) is 42.5 Å². The number of nitrogens with zero attached hydrogens (tertiary/aromatic N) is 1. The van der Waals surface area contributed by atoms with Gasteiger partial charge in [-0.25, -0.2) is 0 Å². The highest BCUT2D eigenvalue weighted by Gasteiger charge is 2.09. The van der Waals surface area contributed by atoms with Crippen LogP contribution in [0.5, 0.6) is 0 Å². The summed E-state index contributed by atoms with van der Waals surface area (Å²) in [6.07, 6.45) is 0. The third kappa shape index (κ3) is 3.06. The fourth-order valence-corrected chi connectivity index (χ4v) is 1.80. The molecule has 2 rings (SSSR count). The maximum atomic E-state index is 12.1. The molecule has 0 bridgehead atoms. The van der Waals surface area contributed by atoms with Crippen molar-refractivity contribution < 1.29 is 4.79 Å². The zero-order valence-electron chi connectivity index (χ0n) is 10.4. The standard InChI is InChI=1S/C14H11ClN4O/c15-11-4-1-10(8-16)13(7-11)18-14(20)9-2-5-12(19-17)6-3-9/h1-7,19H,17H2,(H,18,20). The van der Waals surface area contributed by atoms with E-state index in [9.17, 15) is 4.79 Å². The number of carbonyl (C=O) groups is 1. The molecule has 0 saturated carbocycles. The Bertz CT molecular complexity index is 677. The van der Waals surface area contributed by atoms with E-state index in [4.69, 9.17) is 22.7 Å². The molecule has 20 heavy (non-hydrogen) atoms. The van der Waals surface area contributed by atoms with E-state index in [0.29, 0.717) is 27.5 Å². The third-order valence-electron chi connectivity index (χ3n) is 2.66. The Labute approximate surface area is 120 Å². The van der Waals surface area contributed by atoms with Crippen LogP contribution in [0, 0.1) is 11.3 Å². The highest BCUT2D eigenvalue weighted by Crippen LogP contribution is 2.21. The summed E-state index contributed by atoms with van der Waals surface area (Å²) >= 11 is 5.86. The van der Waals surface area contributed by atoms with Crippen LogP contribution in [-0.4, -0.2) is 5.91 Å². The van der Waals surface area contributed by atoms with Crippen molar-refractivity contribution >= 4 is 28.9 Å². The maximum Gasteiger partial charge on any atom is 0.255 e. The lowest BCUT2D eigenvalue weighted by Crippen LogP contribution is -2.13. The van der Waals surface area contributed by atoms with Crippen LogP contribution in [-0.2, 0) is 0 Å². The number of benzene rings is 2. The number of carbonyl (C=O) groups excluding carboxylic acids is 1. The highest BCUT2D eigenvalue weighted by atomic mass is 35.5. The predicted molar refractivity (Wildman–Crippen MR) is 78.4 cm³/mol. The van der Waals surface area contributed by atoms with Gasteiger partial charge in [-0.15, -0.1) is 0 Å². The smallest absolute Gasteiger partial charge is 0.255 e. The molecule has 0 aliphatic rings. The first kappa shape index (κ1) is 13.9. The van der Waals surface area contributed by atoms with Gasteiger partial charge < -0.3 is 10.7 Å². The Kier molecular flexibility index (Phi) is 4.20. The van der Waals surface area contributed by atoms with E-state index in [0.717, 1.165) is 0 Å². The van der Waals surface area contributed by atoms with Gasteiger partial charge in [0.2, 0.25) is 0 Å². The Morgan fingerprint density at radius 1 is 1.20 bits per heavy atom. The molecular weight excluding hydrogens is 276 g/mol. The molecule has 100 valence electrons. The van der Waals surface area contributed by atoms with Gasteiger partial charge in [0.25, 0.3) is 5.91 Å². The molecule has 0 heterocycles. The summed E-state index contributed by atoms with van der Waals surface area (Å²) in [7, 11) is 0. The third-order valence-corrected chi connectivity index (χ3v) is 2.90. The number of anilines is 2. The van der Waals surface area contributed by atoms with Gasteiger partial charge in [-0.2, -0.15) is 5.26 Å². The number of rotatable bonds is 3. The number of hydrogen-bond donors (Lipinski definition) is 3. The SMILES string of the molecule is N#Cc1ccc(Cl)cc1NC(=O)c1ccc(NN)cc1. The summed E-state index contributed by atoms with van der Waals surface area (Å²) in [5.41, 5.74) is 4.35. The number of nitrogen functional groups attached to an aromatic ring is 1. The fourth-order valence-electron chi connectivity index (χ4n) is 1.63. The molecule has 0 aliphatic carbocycles. The van der Waals surface area contributed by atoms with Crippen LogP contribution in [0.25, 0.3) is 0 Å². The first-order chi connectivity index (χ1) is 9.63. The molecule has 2 aromatic rings. The molecule has 0 atom stereocenters. The molecule has 2 aromatic carbocycles. The van der Waals surface area contributed by atoms with E-state index in [1.807, 2.05) is 6.07 Å². The summed E-state index contributed by atoms with van der Waals surface area (Å²) in [5, 5.41) is 12.1. The number of hydrogen-bond acceptors (Lipinski definition) is 4. The van der Waals surface area contributed by atoms with Gasteiger partial charge in [0.15, 0.2) is 0 Å². The molecule has 0 spiro atoms. The van der Waals surface area contributed by atoms with E-state index in [-0.39, 0.29) is 5.91 Å². The summed E-state index contributed by atoms with van der Waals surface area (Å²) in [4.78, 5) is 12.1. The summed E-state index contributed by atoms with van der Waals surface area (Å²) in [5.74, 6) is 4.93. The van der Waals surface area contributed by atoms with Crippen LogP contribution < -0.4 is 16.6 Å². The quantitative estimate of drug-likeness (QED) is 0.598. The van der Waals surface area contributed by atoms with Gasteiger partial charge in [-0.3, -0.25) is 10.6 Å². The highest BCUT2D eigenvalue weighted by molar-refractivity contribution is 6.31. The zero-order chi connectivity index (χ0) is 14.5. The molecule has 6 heteroatoms. The molecule has 0 aromatic heterocycles. The lowest BCUT2D eigenvalue weighted by atomic mass is 10.1. The summed E-state index contributed by atoms with van der Waals surface area (Å²) in [6, 6.07) is 13.3. The number of halogens is 1. The van der Waals surface area contributed by atoms with E-state index in [1.165, 1.54) is 6.07 Å². The lowest BCUT2D eigenvalue weighted by molar-refractivity contribution is 0.102. The number of nitriles is 1. The normalized spacial score (nSPS) is 9.65. The van der Waals surface area contributed by atoms with Crippen molar-refractivity contribution in [2.45, 2.75) is 0 Å². The van der Waals surface area contributed by atoms with Gasteiger partial charge in [-0.1, -0.05) is 11.6 Å². The Balaban J connectivity index is 2.23. The molecular formula is C14H11ClN4O. The van der Waals surface area contributed by atoms with Gasteiger partial charge in [0.05, 0.1) is 11.3 Å². The lowest BCUT2D eigenvalue weighted by Gasteiger charge is -2.08. The summed E-state index contributed by atoms with van der Waals surface area (Å²) < 4.78 is 0. The first-order valence-electron chi connectivity index (χ1n) is 5.71. The van der Waals surface area contributed by atoms with E-state index in [1.54, 1.807) is 36.4 Å². The molecule has 0 fully saturated rings. The average molecular weight is 287 g/mol. The molecule has 4 N–H and O–H groups in total. The minimum Gasteiger partial charge on any atom is -0.324 e. The van der Waals surface area contributed by atoms with Crippen LogP contribution in [0.1, 0.15) is 15.9 Å². The van der Waals surface area contributed by atoms with E-state index in [2.05, 4.69) is 10.7 Å². The molecule has 0 radical (unpaired) electrons. The monoisotopic (exact) mass is 286 g/mol. The molecule has 0 saturated heterocycles. The van der Waals surface area contributed by atoms with Crippen LogP contribution in [0.15, 0.2) is 42.5 Å². The Morgan fingerprint density at radius 2 is 1.90 bits per heavy atom. The van der Waals surface area contributed by atoms with Gasteiger partial charge >= 0.3 is 0 Å². The topological polar surface area (TPSA) is 90.9 Å². The molecule has 1 amide bonds. The fraction of sp³-hybridized carbons (Fsp3) is 0. The second kappa shape index (κ2) is 6.06. The van der Waals surface area contributed by atoms with Crippen LogP contribution in [0.3, 0.4) is 0 Å². The van der Waals surface area contributed by atoms with Crippen LogP contribution in [0.4, 0.5) is 11.4 Å². The predicted octanol–water partition coefficient (Wildman–Crippen LogP) is 2.75. The minimum atomic E-state index is -0.327. The number of amides is 1. The van der Waals surface area contributed by atoms with Gasteiger partial charge in [0.1, 0.15) is 6.07 Å². The Hall–Kier alpha value is -2.55. The second-order valence-corrected chi connectivity index (χ2v) is 4.41. The van der Waals surface area contributed by atoms with E-state index < -0.39 is 0 Å². The van der Waals surface area contributed by atoms with Crippen LogP contribution >= 0.6 is 11.6 Å². The van der Waals surface area contributed by atoms with Crippen LogP contribution in [0.2, 0.25) is 5.02 Å². The zero-order valence-corrected chi connectivity index (χ0v) is 11.1. The van der Waals surface area contributed by atoms with Crippen molar-refractivity contribution in [1.29, 1.82) is 5.26 Å².